The summed E-state index contributed by atoms with van der Waals surface area (Å²) in [5, 5.41) is 3.15. The number of ether oxygens (including phenoxy) is 1. The van der Waals surface area contributed by atoms with Crippen molar-refractivity contribution >= 4 is 5.91 Å². The van der Waals surface area contributed by atoms with Gasteiger partial charge in [0.1, 0.15) is 5.75 Å². The smallest absolute Gasteiger partial charge is 0.228 e. The third-order valence-electron chi connectivity index (χ3n) is 4.12. The third kappa shape index (κ3) is 4.85. The fourth-order valence-corrected chi connectivity index (χ4v) is 2.86. The van der Waals surface area contributed by atoms with E-state index in [4.69, 9.17) is 4.74 Å². The van der Waals surface area contributed by atoms with Crippen LogP contribution in [-0.2, 0) is 4.79 Å². The number of hydrogen-bond acceptors (Lipinski definition) is 2. The van der Waals surface area contributed by atoms with Crippen molar-refractivity contribution in [3.63, 3.8) is 0 Å². The lowest BCUT2D eigenvalue weighted by atomic mass is 9.93. The van der Waals surface area contributed by atoms with Crippen LogP contribution in [0.4, 0.5) is 0 Å². The van der Waals surface area contributed by atoms with Gasteiger partial charge in [0.05, 0.1) is 18.6 Å². The number of carbonyl (C=O) groups excluding carboxylic acids is 1. The molecular weight excluding hydrogens is 298 g/mol. The van der Waals surface area contributed by atoms with Crippen molar-refractivity contribution in [2.75, 3.05) is 6.61 Å². The van der Waals surface area contributed by atoms with Crippen LogP contribution in [0.15, 0.2) is 54.6 Å². The van der Waals surface area contributed by atoms with Gasteiger partial charge in [-0.25, -0.2) is 0 Å². The minimum Gasteiger partial charge on any atom is -0.494 e. The summed E-state index contributed by atoms with van der Waals surface area (Å²) < 4.78 is 5.54. The first-order valence-corrected chi connectivity index (χ1v) is 8.73. The molecule has 24 heavy (non-hydrogen) atoms. The lowest BCUT2D eigenvalue weighted by molar-refractivity contribution is -0.123. The molecule has 0 aliphatic carbocycles. The highest BCUT2D eigenvalue weighted by Gasteiger charge is 2.21. The lowest BCUT2D eigenvalue weighted by Gasteiger charge is -2.21. The normalized spacial score (nSPS) is 13.1. The fraction of sp³-hybridized carbons (Fsp3) is 0.381. The molecule has 0 heterocycles. The number of rotatable bonds is 8. The Morgan fingerprint density at radius 2 is 1.75 bits per heavy atom. The number of amides is 1. The van der Waals surface area contributed by atoms with Crippen molar-refractivity contribution in [2.45, 2.75) is 45.6 Å². The van der Waals surface area contributed by atoms with E-state index < -0.39 is 0 Å². The molecule has 1 amide bonds. The van der Waals surface area contributed by atoms with Gasteiger partial charge >= 0.3 is 0 Å². The minimum absolute atomic E-state index is 0.0547. The highest BCUT2D eigenvalue weighted by atomic mass is 16.5. The van der Waals surface area contributed by atoms with Crippen molar-refractivity contribution in [2.24, 2.45) is 0 Å². The molecule has 0 aromatic heterocycles. The largest absolute Gasteiger partial charge is 0.494 e. The van der Waals surface area contributed by atoms with E-state index in [0.29, 0.717) is 6.61 Å². The van der Waals surface area contributed by atoms with Crippen molar-refractivity contribution in [1.29, 1.82) is 0 Å². The van der Waals surface area contributed by atoms with E-state index in [1.54, 1.807) is 0 Å². The summed E-state index contributed by atoms with van der Waals surface area (Å²) in [5.74, 6) is 0.815. The second kappa shape index (κ2) is 9.11. The average Bonchev–Trinajstić information content (AvgIpc) is 2.61. The molecule has 0 radical (unpaired) electrons. The Balaban J connectivity index is 2.10. The first kappa shape index (κ1) is 18.1. The van der Waals surface area contributed by atoms with Crippen LogP contribution in [0.3, 0.4) is 0 Å². The van der Waals surface area contributed by atoms with Crippen molar-refractivity contribution in [3.05, 3.63) is 65.7 Å². The second-order valence-electron chi connectivity index (χ2n) is 5.99. The molecule has 3 heteroatoms. The van der Waals surface area contributed by atoms with Gasteiger partial charge in [0.15, 0.2) is 0 Å². The molecule has 1 N–H and O–H groups in total. The predicted octanol–water partition coefficient (Wildman–Crippen LogP) is 4.85. The van der Waals surface area contributed by atoms with Gasteiger partial charge in [-0.2, -0.15) is 0 Å². The first-order chi connectivity index (χ1) is 11.7. The quantitative estimate of drug-likeness (QED) is 0.753. The summed E-state index contributed by atoms with van der Waals surface area (Å²) in [7, 11) is 0. The molecule has 0 spiro atoms. The van der Waals surface area contributed by atoms with E-state index in [1.807, 2.05) is 68.4 Å². The summed E-state index contributed by atoms with van der Waals surface area (Å²) in [6.07, 6.45) is 1.82. The van der Waals surface area contributed by atoms with Gasteiger partial charge in [-0.05, 0) is 43.5 Å². The fourth-order valence-electron chi connectivity index (χ4n) is 2.86. The molecule has 3 nitrogen and oxygen atoms in total. The van der Waals surface area contributed by atoms with Crippen LogP contribution in [-0.4, -0.2) is 12.5 Å². The molecule has 2 rings (SSSR count). The van der Waals surface area contributed by atoms with Crippen LogP contribution in [0.2, 0.25) is 0 Å². The molecule has 0 saturated heterocycles. The number of hydrogen-bond donors (Lipinski definition) is 1. The van der Waals surface area contributed by atoms with Crippen LogP contribution in [0.25, 0.3) is 0 Å². The van der Waals surface area contributed by atoms with Crippen LogP contribution in [0, 0.1) is 0 Å². The van der Waals surface area contributed by atoms with Crippen molar-refractivity contribution < 1.29 is 9.53 Å². The van der Waals surface area contributed by atoms with Gasteiger partial charge in [-0.15, -0.1) is 0 Å². The number of benzene rings is 2. The van der Waals surface area contributed by atoms with Gasteiger partial charge < -0.3 is 10.1 Å². The van der Waals surface area contributed by atoms with E-state index >= 15 is 0 Å². The highest BCUT2D eigenvalue weighted by Crippen LogP contribution is 2.24. The Labute approximate surface area is 145 Å². The van der Waals surface area contributed by atoms with Crippen LogP contribution >= 0.6 is 0 Å². The zero-order valence-corrected chi connectivity index (χ0v) is 14.8. The molecule has 0 bridgehead atoms. The molecule has 0 fully saturated rings. The Bertz CT molecular complexity index is 639. The zero-order chi connectivity index (χ0) is 17.4. The van der Waals surface area contributed by atoms with E-state index in [1.165, 1.54) is 0 Å². The van der Waals surface area contributed by atoms with Gasteiger partial charge in [0, 0.05) is 0 Å². The molecule has 2 atom stereocenters. The van der Waals surface area contributed by atoms with E-state index in [9.17, 15) is 4.79 Å². The van der Waals surface area contributed by atoms with Crippen LogP contribution < -0.4 is 10.1 Å². The van der Waals surface area contributed by atoms with Crippen LogP contribution in [0.1, 0.15) is 56.7 Å². The molecular formula is C21H27NO2. The SMILES string of the molecule is CCCC(C(=O)NC(C)c1cccc(OCC)c1)c1ccccc1. The Hall–Kier alpha value is -2.29. The zero-order valence-electron chi connectivity index (χ0n) is 14.8. The van der Waals surface area contributed by atoms with Crippen molar-refractivity contribution in [1.82, 2.24) is 5.32 Å². The molecule has 2 aromatic carbocycles. The van der Waals surface area contributed by atoms with Gasteiger partial charge in [0.25, 0.3) is 0 Å². The second-order valence-corrected chi connectivity index (χ2v) is 5.99. The summed E-state index contributed by atoms with van der Waals surface area (Å²) in [6.45, 7) is 6.72. The Morgan fingerprint density at radius 3 is 2.42 bits per heavy atom. The first-order valence-electron chi connectivity index (χ1n) is 8.73. The Kier molecular flexibility index (Phi) is 6.86. The molecule has 0 aliphatic heterocycles. The number of nitrogens with one attached hydrogen (secondary N) is 1. The maximum atomic E-state index is 12.8. The molecule has 2 aromatic rings. The van der Waals surface area contributed by atoms with Gasteiger partial charge in [-0.3, -0.25) is 4.79 Å². The minimum atomic E-state index is -0.103. The van der Waals surface area contributed by atoms with Crippen LogP contribution in [0.5, 0.6) is 5.75 Å². The third-order valence-corrected chi connectivity index (χ3v) is 4.12. The van der Waals surface area contributed by atoms with E-state index in [2.05, 4.69) is 12.2 Å². The predicted molar refractivity (Wildman–Crippen MR) is 98.3 cm³/mol. The average molecular weight is 325 g/mol. The molecule has 0 aliphatic rings. The summed E-state index contributed by atoms with van der Waals surface area (Å²) >= 11 is 0. The summed E-state index contributed by atoms with van der Waals surface area (Å²) in [5.41, 5.74) is 2.13. The molecule has 0 saturated carbocycles. The monoisotopic (exact) mass is 325 g/mol. The van der Waals surface area contributed by atoms with Gasteiger partial charge in [-0.1, -0.05) is 55.8 Å². The van der Waals surface area contributed by atoms with Gasteiger partial charge in [0.2, 0.25) is 5.91 Å². The molecule has 2 unspecified atom stereocenters. The maximum Gasteiger partial charge on any atom is 0.228 e. The summed E-state index contributed by atoms with van der Waals surface area (Å²) in [4.78, 5) is 12.8. The Morgan fingerprint density at radius 1 is 1.04 bits per heavy atom. The van der Waals surface area contributed by atoms with E-state index in [0.717, 1.165) is 29.7 Å². The number of carbonyl (C=O) groups is 1. The maximum absolute atomic E-state index is 12.8. The van der Waals surface area contributed by atoms with Crippen molar-refractivity contribution in [3.8, 4) is 5.75 Å². The topological polar surface area (TPSA) is 38.3 Å². The standard InChI is InChI=1S/C21H27NO2/c1-4-10-20(17-11-7-6-8-12-17)21(23)22-16(3)18-13-9-14-19(15-18)24-5-2/h6-9,11-16,20H,4-5,10H2,1-3H3,(H,22,23). The highest BCUT2D eigenvalue weighted by molar-refractivity contribution is 5.84. The lowest BCUT2D eigenvalue weighted by Crippen LogP contribution is -2.31. The molecule has 128 valence electrons. The van der Waals surface area contributed by atoms with E-state index in [-0.39, 0.29) is 17.9 Å². The summed E-state index contributed by atoms with van der Waals surface area (Å²) in [6, 6.07) is 17.9.